The van der Waals surface area contributed by atoms with Crippen molar-refractivity contribution >= 4 is 11.8 Å². The number of hydrogen-bond donors (Lipinski definition) is 1. The summed E-state index contributed by atoms with van der Waals surface area (Å²) in [5, 5.41) is 4.12. The molecule has 7 heteroatoms. The smallest absolute Gasteiger partial charge is 0.343 e. The van der Waals surface area contributed by atoms with E-state index < -0.39 is 5.97 Å². The van der Waals surface area contributed by atoms with Crippen molar-refractivity contribution in [2.75, 3.05) is 12.3 Å². The monoisotopic (exact) mass is 309 g/mol. The number of nitrogen functional groups attached to an aromatic ring is 1. The highest BCUT2D eigenvalue weighted by atomic mass is 16.5. The third-order valence-electron chi connectivity index (χ3n) is 3.24. The minimum absolute atomic E-state index is 0.182. The van der Waals surface area contributed by atoms with Crippen LogP contribution in [0.25, 0.3) is 17.1 Å². The van der Waals surface area contributed by atoms with Crippen LogP contribution in [0.3, 0.4) is 0 Å². The van der Waals surface area contributed by atoms with E-state index in [1.807, 2.05) is 30.3 Å². The van der Waals surface area contributed by atoms with Gasteiger partial charge in [0.2, 0.25) is 0 Å². The lowest BCUT2D eigenvalue weighted by molar-refractivity contribution is 0.0527. The topological polar surface area (TPSA) is 95.9 Å². The number of aromatic nitrogens is 4. The Morgan fingerprint density at radius 1 is 1.26 bits per heavy atom. The van der Waals surface area contributed by atoms with Crippen LogP contribution in [0.1, 0.15) is 17.3 Å². The van der Waals surface area contributed by atoms with Crippen molar-refractivity contribution in [1.29, 1.82) is 0 Å². The number of carbonyl (C=O) groups is 1. The van der Waals surface area contributed by atoms with Crippen LogP contribution in [-0.4, -0.2) is 32.3 Å². The Morgan fingerprint density at radius 3 is 2.78 bits per heavy atom. The van der Waals surface area contributed by atoms with Crippen molar-refractivity contribution in [3.63, 3.8) is 0 Å². The van der Waals surface area contributed by atoms with Crippen molar-refractivity contribution in [2.45, 2.75) is 6.92 Å². The molecule has 0 atom stereocenters. The highest BCUT2D eigenvalue weighted by Gasteiger charge is 2.18. The number of benzene rings is 1. The zero-order valence-corrected chi connectivity index (χ0v) is 12.5. The van der Waals surface area contributed by atoms with Gasteiger partial charge in [-0.3, -0.25) is 0 Å². The van der Waals surface area contributed by atoms with E-state index in [1.54, 1.807) is 13.0 Å². The van der Waals surface area contributed by atoms with Gasteiger partial charge >= 0.3 is 5.97 Å². The van der Waals surface area contributed by atoms with Crippen LogP contribution in [-0.2, 0) is 4.74 Å². The Balaban J connectivity index is 1.99. The van der Waals surface area contributed by atoms with Gasteiger partial charge in [0.05, 0.1) is 18.5 Å². The van der Waals surface area contributed by atoms with E-state index in [0.29, 0.717) is 5.82 Å². The largest absolute Gasteiger partial charge is 0.462 e. The van der Waals surface area contributed by atoms with Gasteiger partial charge in [-0.05, 0) is 6.92 Å². The van der Waals surface area contributed by atoms with Gasteiger partial charge in [0, 0.05) is 11.6 Å². The molecule has 3 aromatic rings. The van der Waals surface area contributed by atoms with Gasteiger partial charge in [0.25, 0.3) is 0 Å². The van der Waals surface area contributed by atoms with Gasteiger partial charge in [-0.25, -0.2) is 14.8 Å². The fourth-order valence-corrected chi connectivity index (χ4v) is 2.14. The molecule has 116 valence electrons. The average Bonchev–Trinajstić information content (AvgIpc) is 2.98. The molecule has 2 N–H and O–H groups in total. The molecule has 2 aromatic heterocycles. The first kappa shape index (κ1) is 14.7. The van der Waals surface area contributed by atoms with E-state index in [2.05, 4.69) is 15.1 Å². The number of nitrogens with two attached hydrogens (primary N) is 1. The molecule has 0 aliphatic carbocycles. The molecule has 0 bridgehead atoms. The van der Waals surface area contributed by atoms with Gasteiger partial charge in [0.15, 0.2) is 5.82 Å². The standard InChI is InChI=1S/C16H15N5O2/c1-2-23-16(22)12-9-20-21(15(12)17)14-8-13(18-10-19-14)11-6-4-3-5-7-11/h3-10H,2,17H2,1H3. The van der Waals surface area contributed by atoms with E-state index in [0.717, 1.165) is 11.3 Å². The summed E-state index contributed by atoms with van der Waals surface area (Å²) >= 11 is 0. The van der Waals surface area contributed by atoms with Gasteiger partial charge in [-0.15, -0.1) is 0 Å². The number of hydrogen-bond acceptors (Lipinski definition) is 6. The third kappa shape index (κ3) is 2.89. The molecule has 0 saturated heterocycles. The minimum Gasteiger partial charge on any atom is -0.462 e. The molecule has 0 amide bonds. The molecular weight excluding hydrogens is 294 g/mol. The zero-order chi connectivity index (χ0) is 16.2. The second-order valence-corrected chi connectivity index (χ2v) is 4.70. The summed E-state index contributed by atoms with van der Waals surface area (Å²) in [6.45, 7) is 2.00. The van der Waals surface area contributed by atoms with E-state index in [-0.39, 0.29) is 18.0 Å². The summed E-state index contributed by atoms with van der Waals surface area (Å²) in [4.78, 5) is 20.2. The van der Waals surface area contributed by atoms with Crippen LogP contribution < -0.4 is 5.73 Å². The third-order valence-corrected chi connectivity index (χ3v) is 3.24. The SMILES string of the molecule is CCOC(=O)c1cnn(-c2cc(-c3ccccc3)ncn2)c1N. The Bertz CT molecular complexity index is 829. The number of esters is 1. The fourth-order valence-electron chi connectivity index (χ4n) is 2.14. The number of carbonyl (C=O) groups excluding carboxylic acids is 1. The average molecular weight is 309 g/mol. The predicted molar refractivity (Wildman–Crippen MR) is 85.0 cm³/mol. The van der Waals surface area contributed by atoms with Gasteiger partial charge in [-0.2, -0.15) is 9.78 Å². The molecular formula is C16H15N5O2. The first-order valence-corrected chi connectivity index (χ1v) is 7.09. The second-order valence-electron chi connectivity index (χ2n) is 4.70. The molecule has 23 heavy (non-hydrogen) atoms. The Labute approximate surface area is 132 Å². The normalized spacial score (nSPS) is 10.5. The van der Waals surface area contributed by atoms with Crippen LogP contribution in [0, 0.1) is 0 Å². The van der Waals surface area contributed by atoms with E-state index >= 15 is 0 Å². The lowest BCUT2D eigenvalue weighted by Gasteiger charge is -2.06. The Hall–Kier alpha value is -3.22. The summed E-state index contributed by atoms with van der Waals surface area (Å²) in [6.07, 6.45) is 2.81. The molecule has 0 radical (unpaired) electrons. The maximum Gasteiger partial charge on any atom is 0.343 e. The van der Waals surface area contributed by atoms with Crippen LogP contribution in [0.15, 0.2) is 48.9 Å². The fraction of sp³-hybridized carbons (Fsp3) is 0.125. The first-order chi connectivity index (χ1) is 11.2. The first-order valence-electron chi connectivity index (χ1n) is 7.09. The molecule has 2 heterocycles. The van der Waals surface area contributed by atoms with Crippen LogP contribution in [0.5, 0.6) is 0 Å². The molecule has 1 aromatic carbocycles. The molecule has 0 aliphatic heterocycles. The van der Waals surface area contributed by atoms with E-state index in [1.165, 1.54) is 17.2 Å². The lowest BCUT2D eigenvalue weighted by Crippen LogP contribution is -2.09. The Morgan fingerprint density at radius 2 is 2.04 bits per heavy atom. The number of rotatable bonds is 4. The molecule has 0 spiro atoms. The maximum atomic E-state index is 11.8. The number of anilines is 1. The summed E-state index contributed by atoms with van der Waals surface area (Å²) in [5.41, 5.74) is 7.90. The lowest BCUT2D eigenvalue weighted by atomic mass is 10.1. The summed E-state index contributed by atoms with van der Waals surface area (Å²) in [6, 6.07) is 11.4. The highest BCUT2D eigenvalue weighted by Crippen LogP contribution is 2.21. The van der Waals surface area contributed by atoms with Crippen molar-refractivity contribution in [2.24, 2.45) is 0 Å². The van der Waals surface area contributed by atoms with Crippen molar-refractivity contribution in [1.82, 2.24) is 19.7 Å². The molecule has 0 aliphatic rings. The molecule has 0 saturated carbocycles. The van der Waals surface area contributed by atoms with Crippen LogP contribution >= 0.6 is 0 Å². The van der Waals surface area contributed by atoms with E-state index in [9.17, 15) is 4.79 Å². The minimum atomic E-state index is -0.506. The summed E-state index contributed by atoms with van der Waals surface area (Å²) in [7, 11) is 0. The summed E-state index contributed by atoms with van der Waals surface area (Å²) in [5.74, 6) is 0.154. The van der Waals surface area contributed by atoms with Crippen LogP contribution in [0.2, 0.25) is 0 Å². The highest BCUT2D eigenvalue weighted by molar-refractivity contribution is 5.94. The molecule has 3 rings (SSSR count). The van der Waals surface area contributed by atoms with Crippen molar-refractivity contribution in [3.05, 3.63) is 54.5 Å². The Kier molecular flexibility index (Phi) is 4.01. The quantitative estimate of drug-likeness (QED) is 0.741. The van der Waals surface area contributed by atoms with Gasteiger partial charge in [-0.1, -0.05) is 30.3 Å². The zero-order valence-electron chi connectivity index (χ0n) is 12.5. The maximum absolute atomic E-state index is 11.8. The molecule has 0 unspecified atom stereocenters. The number of ether oxygens (including phenoxy) is 1. The van der Waals surface area contributed by atoms with Crippen molar-refractivity contribution in [3.8, 4) is 17.1 Å². The predicted octanol–water partition coefficient (Wildman–Crippen LogP) is 2.09. The molecule has 7 nitrogen and oxygen atoms in total. The summed E-state index contributed by atoms with van der Waals surface area (Å²) < 4.78 is 6.34. The number of nitrogens with zero attached hydrogens (tertiary/aromatic N) is 4. The van der Waals surface area contributed by atoms with Gasteiger partial charge in [0.1, 0.15) is 17.7 Å². The van der Waals surface area contributed by atoms with Crippen molar-refractivity contribution < 1.29 is 9.53 Å². The van der Waals surface area contributed by atoms with Crippen LogP contribution in [0.4, 0.5) is 5.82 Å². The van der Waals surface area contributed by atoms with E-state index in [4.69, 9.17) is 10.5 Å². The second kappa shape index (κ2) is 6.27. The molecule has 0 fully saturated rings. The van der Waals surface area contributed by atoms with Gasteiger partial charge < -0.3 is 10.5 Å².